The molecule has 0 aliphatic heterocycles. The Bertz CT molecular complexity index is 979. The van der Waals surface area contributed by atoms with E-state index in [4.69, 9.17) is 16.3 Å². The number of rotatable bonds is 10. The van der Waals surface area contributed by atoms with Crippen LogP contribution in [0.25, 0.3) is 11.1 Å². The molecular weight excluding hydrogens is 434 g/mol. The quantitative estimate of drug-likeness (QED) is 0.430. The summed E-state index contributed by atoms with van der Waals surface area (Å²) in [5.41, 5.74) is 2.82. The zero-order chi connectivity index (χ0) is 23.3. The van der Waals surface area contributed by atoms with E-state index >= 15 is 0 Å². The molecule has 4 rings (SSSR count). The highest BCUT2D eigenvalue weighted by Crippen LogP contribution is 2.44. The minimum atomic E-state index is -0.183. The van der Waals surface area contributed by atoms with Gasteiger partial charge in [0, 0.05) is 49.2 Å². The number of nitriles is 1. The number of nitrogens with zero attached hydrogens (tertiary/aromatic N) is 2. The Morgan fingerprint density at radius 1 is 1.21 bits per heavy atom. The molecule has 2 saturated carbocycles. The van der Waals surface area contributed by atoms with Gasteiger partial charge in [0.25, 0.3) is 0 Å². The number of hydrogen-bond acceptors (Lipinski definition) is 6. The van der Waals surface area contributed by atoms with Gasteiger partial charge in [-0.15, -0.1) is 0 Å². The number of halogens is 1. The average Bonchev–Trinajstić information content (AvgIpc) is 3.61. The van der Waals surface area contributed by atoms with E-state index in [0.717, 1.165) is 67.8 Å². The summed E-state index contributed by atoms with van der Waals surface area (Å²) in [6, 6.07) is 14.0. The van der Waals surface area contributed by atoms with Gasteiger partial charge in [0.05, 0.1) is 23.1 Å². The topological polar surface area (TPSA) is 82.0 Å². The van der Waals surface area contributed by atoms with Crippen molar-refractivity contribution in [2.75, 3.05) is 30.9 Å². The van der Waals surface area contributed by atoms with E-state index in [2.05, 4.69) is 46.1 Å². The van der Waals surface area contributed by atoms with Crippen molar-refractivity contribution in [3.8, 4) is 17.2 Å². The molecule has 2 fully saturated rings. The van der Waals surface area contributed by atoms with Gasteiger partial charge in [-0.1, -0.05) is 23.7 Å². The Hall–Kier alpha value is -2.33. The summed E-state index contributed by atoms with van der Waals surface area (Å²) >= 11 is 6.53. The molecule has 1 atom stereocenters. The van der Waals surface area contributed by atoms with Crippen molar-refractivity contribution >= 4 is 23.1 Å². The summed E-state index contributed by atoms with van der Waals surface area (Å²) in [5.74, 6) is 0.860. The van der Waals surface area contributed by atoms with Crippen LogP contribution >= 0.6 is 11.6 Å². The lowest BCUT2D eigenvalue weighted by Gasteiger charge is -2.32. The van der Waals surface area contributed by atoms with Gasteiger partial charge in [-0.3, -0.25) is 0 Å². The first-order valence-electron chi connectivity index (χ1n) is 11.9. The van der Waals surface area contributed by atoms with Crippen LogP contribution in [0, 0.1) is 16.7 Å². The lowest BCUT2D eigenvalue weighted by atomic mass is 9.90. The lowest BCUT2D eigenvalue weighted by Crippen LogP contribution is -2.42. The summed E-state index contributed by atoms with van der Waals surface area (Å²) in [5, 5.41) is 20.7. The molecule has 176 valence electrons. The van der Waals surface area contributed by atoms with E-state index in [1.165, 1.54) is 0 Å². The zero-order valence-corrected chi connectivity index (χ0v) is 20.3. The van der Waals surface area contributed by atoms with Gasteiger partial charge in [-0.25, -0.2) is 4.98 Å². The molecule has 2 aliphatic rings. The molecule has 6 nitrogen and oxygen atoms in total. The highest BCUT2D eigenvalue weighted by molar-refractivity contribution is 6.33. The Morgan fingerprint density at radius 2 is 1.97 bits per heavy atom. The van der Waals surface area contributed by atoms with Crippen molar-refractivity contribution in [3.05, 3.63) is 41.6 Å². The van der Waals surface area contributed by atoms with Crippen molar-refractivity contribution in [1.82, 2.24) is 10.3 Å². The maximum Gasteiger partial charge on any atom is 0.126 e. The van der Waals surface area contributed by atoms with Crippen LogP contribution in [0.2, 0.25) is 5.02 Å². The predicted molar refractivity (Wildman–Crippen MR) is 135 cm³/mol. The highest BCUT2D eigenvalue weighted by atomic mass is 35.5. The molecule has 1 aromatic heterocycles. The second-order valence-corrected chi connectivity index (χ2v) is 10.00. The molecule has 3 N–H and O–H groups in total. The minimum absolute atomic E-state index is 0.183. The summed E-state index contributed by atoms with van der Waals surface area (Å²) in [7, 11) is 1.75. The Kier molecular flexibility index (Phi) is 7.75. The van der Waals surface area contributed by atoms with Crippen LogP contribution < -0.4 is 16.0 Å². The van der Waals surface area contributed by atoms with Crippen LogP contribution in [-0.2, 0) is 4.74 Å². The number of ether oxygens (including phenoxy) is 1. The zero-order valence-electron chi connectivity index (χ0n) is 19.5. The SMILES string of the molecule is COC[C@@H](C)NC1CCC(Nc2cc(-c3cccc(NCC4(C#N)CC4)c3)c(Cl)cn2)CC1. The molecule has 0 unspecified atom stereocenters. The second-order valence-electron chi connectivity index (χ2n) is 9.59. The average molecular weight is 468 g/mol. The van der Waals surface area contributed by atoms with Crippen LogP contribution in [0.4, 0.5) is 11.5 Å². The standard InChI is InChI=1S/C26H34ClN5O/c1-18(15-33-2)31-20-6-8-21(9-7-20)32-25-13-23(24(27)14-29-25)19-4-3-5-22(12-19)30-17-26(16-28)10-11-26/h3-5,12-14,18,20-21,30-31H,6-11,15,17H2,1-2H3,(H,29,32)/t18-,20?,21?/m1/s1. The monoisotopic (exact) mass is 467 g/mol. The van der Waals surface area contributed by atoms with E-state index in [1.54, 1.807) is 13.3 Å². The maximum absolute atomic E-state index is 9.31. The number of aromatic nitrogens is 1. The van der Waals surface area contributed by atoms with Gasteiger partial charge in [0.1, 0.15) is 5.82 Å². The van der Waals surface area contributed by atoms with Crippen molar-refractivity contribution in [3.63, 3.8) is 0 Å². The van der Waals surface area contributed by atoms with E-state index in [9.17, 15) is 5.26 Å². The Balaban J connectivity index is 1.37. The van der Waals surface area contributed by atoms with Gasteiger partial charge in [-0.05, 0) is 69.2 Å². The molecule has 0 saturated heterocycles. The Morgan fingerprint density at radius 3 is 2.67 bits per heavy atom. The lowest BCUT2D eigenvalue weighted by molar-refractivity contribution is 0.161. The molecule has 33 heavy (non-hydrogen) atoms. The maximum atomic E-state index is 9.31. The van der Waals surface area contributed by atoms with Crippen LogP contribution in [0.5, 0.6) is 0 Å². The van der Waals surface area contributed by atoms with Crippen LogP contribution in [-0.4, -0.2) is 43.4 Å². The van der Waals surface area contributed by atoms with E-state index in [-0.39, 0.29) is 5.41 Å². The first-order valence-corrected chi connectivity index (χ1v) is 12.3. The fraction of sp³-hybridized carbons (Fsp3) is 0.538. The summed E-state index contributed by atoms with van der Waals surface area (Å²) < 4.78 is 5.24. The normalized spacial score (nSPS) is 22.2. The molecule has 7 heteroatoms. The van der Waals surface area contributed by atoms with Crippen LogP contribution in [0.15, 0.2) is 36.5 Å². The second kappa shape index (κ2) is 10.7. The molecule has 0 amide bonds. The number of anilines is 2. The van der Waals surface area contributed by atoms with Crippen LogP contribution in [0.3, 0.4) is 0 Å². The van der Waals surface area contributed by atoms with Gasteiger partial charge in [-0.2, -0.15) is 5.26 Å². The molecule has 0 bridgehead atoms. The predicted octanol–water partition coefficient (Wildman–Crippen LogP) is 5.47. The first kappa shape index (κ1) is 23.8. The molecule has 2 aromatic rings. The highest BCUT2D eigenvalue weighted by Gasteiger charge is 2.42. The number of methoxy groups -OCH3 is 1. The van der Waals surface area contributed by atoms with Gasteiger partial charge in [0.15, 0.2) is 0 Å². The molecular formula is C26H34ClN5O. The third-order valence-electron chi connectivity index (χ3n) is 6.77. The first-order chi connectivity index (χ1) is 16.0. The summed E-state index contributed by atoms with van der Waals surface area (Å²) in [6.45, 7) is 3.60. The smallest absolute Gasteiger partial charge is 0.126 e. The third kappa shape index (κ3) is 6.38. The van der Waals surface area contributed by atoms with Crippen molar-refractivity contribution in [1.29, 1.82) is 5.26 Å². The molecule has 1 heterocycles. The van der Waals surface area contributed by atoms with Gasteiger partial charge >= 0.3 is 0 Å². The largest absolute Gasteiger partial charge is 0.383 e. The van der Waals surface area contributed by atoms with E-state index in [0.29, 0.717) is 29.7 Å². The minimum Gasteiger partial charge on any atom is -0.383 e. The number of hydrogen-bond donors (Lipinski definition) is 3. The van der Waals surface area contributed by atoms with Crippen molar-refractivity contribution < 1.29 is 4.74 Å². The fourth-order valence-electron chi connectivity index (χ4n) is 4.60. The number of nitrogens with one attached hydrogen (secondary N) is 3. The molecule has 0 radical (unpaired) electrons. The molecule has 2 aliphatic carbocycles. The van der Waals surface area contributed by atoms with E-state index in [1.807, 2.05) is 18.2 Å². The fourth-order valence-corrected chi connectivity index (χ4v) is 4.81. The summed E-state index contributed by atoms with van der Waals surface area (Å²) in [4.78, 5) is 4.53. The molecule has 1 aromatic carbocycles. The number of benzene rings is 1. The van der Waals surface area contributed by atoms with Crippen molar-refractivity contribution in [2.45, 2.75) is 63.6 Å². The van der Waals surface area contributed by atoms with E-state index < -0.39 is 0 Å². The van der Waals surface area contributed by atoms with Crippen LogP contribution in [0.1, 0.15) is 45.4 Å². The third-order valence-corrected chi connectivity index (χ3v) is 7.07. The van der Waals surface area contributed by atoms with Gasteiger partial charge < -0.3 is 20.7 Å². The summed E-state index contributed by atoms with van der Waals surface area (Å²) in [6.07, 6.45) is 8.19. The molecule has 0 spiro atoms. The Labute approximate surface area is 202 Å². The number of pyridine rings is 1. The van der Waals surface area contributed by atoms with Crippen molar-refractivity contribution in [2.24, 2.45) is 5.41 Å². The van der Waals surface area contributed by atoms with Gasteiger partial charge in [0.2, 0.25) is 0 Å².